The van der Waals surface area contributed by atoms with Crippen molar-refractivity contribution in [3.05, 3.63) is 0 Å². The Bertz CT molecular complexity index is 394. The van der Waals surface area contributed by atoms with Gasteiger partial charge in [-0.05, 0) is 54.3 Å². The Balaban J connectivity index is 1.95. The average Bonchev–Trinajstić information content (AvgIpc) is 3.02. The third-order valence-electron chi connectivity index (χ3n) is 7.24. The summed E-state index contributed by atoms with van der Waals surface area (Å²) in [5.74, 6) is 2.87. The largest absolute Gasteiger partial charge is 0.299 e. The summed E-state index contributed by atoms with van der Waals surface area (Å²) in [7, 11) is 0. The van der Waals surface area contributed by atoms with Crippen LogP contribution in [-0.2, 0) is 4.79 Å². The minimum atomic E-state index is -0.0707. The van der Waals surface area contributed by atoms with Gasteiger partial charge in [-0.25, -0.2) is 0 Å². The minimum Gasteiger partial charge on any atom is -0.299 e. The zero-order valence-corrected chi connectivity index (χ0v) is 12.7. The number of hydrogen-bond donors (Lipinski definition) is 0. The van der Waals surface area contributed by atoms with Gasteiger partial charge in [0.15, 0.2) is 0 Å². The molecule has 0 N–H and O–H groups in total. The van der Waals surface area contributed by atoms with Crippen LogP contribution in [0.3, 0.4) is 0 Å². The molecule has 4 atom stereocenters. The molecule has 1 nitrogen and oxygen atoms in total. The van der Waals surface area contributed by atoms with Crippen molar-refractivity contribution in [1.29, 1.82) is 0 Å². The molecule has 0 aliphatic heterocycles. The molecule has 0 aromatic heterocycles. The fraction of sp³-hybridized carbons (Fsp3) is 0.941. The van der Waals surface area contributed by atoms with Crippen LogP contribution < -0.4 is 0 Å². The molecule has 102 valence electrons. The van der Waals surface area contributed by atoms with E-state index in [1.807, 2.05) is 0 Å². The number of ketones is 1. The van der Waals surface area contributed by atoms with Crippen LogP contribution in [0.5, 0.6) is 0 Å². The van der Waals surface area contributed by atoms with E-state index in [0.717, 1.165) is 24.7 Å². The maximum atomic E-state index is 12.2. The van der Waals surface area contributed by atoms with Crippen molar-refractivity contribution in [2.75, 3.05) is 0 Å². The summed E-state index contributed by atoms with van der Waals surface area (Å²) in [5.41, 5.74) is 1.01. The minimum absolute atomic E-state index is 0.0707. The van der Waals surface area contributed by atoms with Crippen molar-refractivity contribution >= 4 is 5.78 Å². The van der Waals surface area contributed by atoms with Gasteiger partial charge in [-0.2, -0.15) is 0 Å². The van der Waals surface area contributed by atoms with Crippen molar-refractivity contribution in [1.82, 2.24) is 0 Å². The van der Waals surface area contributed by atoms with Crippen molar-refractivity contribution in [3.63, 3.8) is 0 Å². The van der Waals surface area contributed by atoms with Crippen LogP contribution >= 0.6 is 0 Å². The van der Waals surface area contributed by atoms with Crippen LogP contribution in [0.25, 0.3) is 0 Å². The van der Waals surface area contributed by atoms with Crippen molar-refractivity contribution in [2.45, 2.75) is 66.7 Å². The van der Waals surface area contributed by atoms with Crippen molar-refractivity contribution in [3.8, 4) is 0 Å². The van der Waals surface area contributed by atoms with E-state index in [2.05, 4.69) is 34.6 Å². The highest BCUT2D eigenvalue weighted by atomic mass is 16.1. The lowest BCUT2D eigenvalue weighted by Gasteiger charge is -2.54. The molecule has 0 saturated heterocycles. The van der Waals surface area contributed by atoms with Gasteiger partial charge in [0.25, 0.3) is 0 Å². The van der Waals surface area contributed by atoms with Crippen LogP contribution in [0.15, 0.2) is 0 Å². The molecular formula is C17H28O. The molecule has 3 aliphatic rings. The molecule has 0 bridgehead atoms. The maximum absolute atomic E-state index is 12.2. The third-order valence-corrected chi connectivity index (χ3v) is 7.24. The summed E-state index contributed by atoms with van der Waals surface area (Å²) in [4.78, 5) is 12.2. The van der Waals surface area contributed by atoms with E-state index in [4.69, 9.17) is 0 Å². The number of carbonyl (C=O) groups excluding carboxylic acids is 1. The molecular weight excluding hydrogens is 220 g/mol. The first kappa shape index (κ1) is 12.7. The van der Waals surface area contributed by atoms with E-state index in [1.165, 1.54) is 19.3 Å². The van der Waals surface area contributed by atoms with Crippen molar-refractivity contribution < 1.29 is 4.79 Å². The average molecular weight is 248 g/mol. The summed E-state index contributed by atoms with van der Waals surface area (Å²) in [6, 6.07) is 0. The molecule has 1 unspecified atom stereocenters. The van der Waals surface area contributed by atoms with Gasteiger partial charge in [-0.1, -0.05) is 34.6 Å². The van der Waals surface area contributed by atoms with E-state index in [0.29, 0.717) is 22.5 Å². The topological polar surface area (TPSA) is 17.1 Å². The Morgan fingerprint density at radius 2 is 1.78 bits per heavy atom. The predicted molar refractivity (Wildman–Crippen MR) is 74.2 cm³/mol. The lowest BCUT2D eigenvalue weighted by Crippen LogP contribution is -2.51. The number of Topliss-reactive ketones (excluding diaryl/α,β-unsaturated/α-hetero) is 1. The Morgan fingerprint density at radius 1 is 1.11 bits per heavy atom. The highest BCUT2D eigenvalue weighted by molar-refractivity contribution is 5.85. The number of fused-ring (bicyclic) bond motifs is 3. The quantitative estimate of drug-likeness (QED) is 0.670. The highest BCUT2D eigenvalue weighted by Gasteiger charge is 2.70. The van der Waals surface area contributed by atoms with Crippen LogP contribution in [-0.4, -0.2) is 5.78 Å². The molecule has 0 aromatic rings. The fourth-order valence-corrected chi connectivity index (χ4v) is 5.83. The van der Waals surface area contributed by atoms with Crippen LogP contribution in [0.4, 0.5) is 0 Å². The van der Waals surface area contributed by atoms with E-state index in [9.17, 15) is 4.79 Å². The van der Waals surface area contributed by atoms with E-state index in [1.54, 1.807) is 0 Å². The first-order valence-electron chi connectivity index (χ1n) is 7.78. The van der Waals surface area contributed by atoms with Crippen molar-refractivity contribution in [2.24, 2.45) is 34.0 Å². The highest BCUT2D eigenvalue weighted by Crippen LogP contribution is 2.76. The zero-order valence-electron chi connectivity index (χ0n) is 12.7. The second-order valence-corrected chi connectivity index (χ2v) is 8.39. The summed E-state index contributed by atoms with van der Waals surface area (Å²) < 4.78 is 0. The van der Waals surface area contributed by atoms with Gasteiger partial charge < -0.3 is 0 Å². The summed E-state index contributed by atoms with van der Waals surface area (Å²) in [5, 5.41) is 0. The van der Waals surface area contributed by atoms with E-state index >= 15 is 0 Å². The number of rotatable bonds is 1. The second kappa shape index (κ2) is 3.41. The SMILES string of the molecule is CC(C)[C@]12CCC3C(C)(C)C(=O)CC[C@]3(C)[C@H]1C2. The molecule has 0 radical (unpaired) electrons. The molecule has 0 amide bonds. The lowest BCUT2D eigenvalue weighted by atomic mass is 9.49. The van der Waals surface area contributed by atoms with Gasteiger partial charge in [-0.3, -0.25) is 4.79 Å². The Kier molecular flexibility index (Phi) is 2.40. The molecule has 18 heavy (non-hydrogen) atoms. The first-order chi connectivity index (χ1) is 8.25. The molecule has 3 saturated carbocycles. The van der Waals surface area contributed by atoms with Gasteiger partial charge in [0, 0.05) is 11.8 Å². The van der Waals surface area contributed by atoms with Gasteiger partial charge in [0.05, 0.1) is 0 Å². The Hall–Kier alpha value is -0.330. The normalized spacial score (nSPS) is 49.8. The summed E-state index contributed by atoms with van der Waals surface area (Å²) in [6.45, 7) is 11.7. The van der Waals surface area contributed by atoms with Crippen LogP contribution in [0.2, 0.25) is 0 Å². The van der Waals surface area contributed by atoms with Crippen LogP contribution in [0, 0.1) is 34.0 Å². The van der Waals surface area contributed by atoms with Crippen LogP contribution in [0.1, 0.15) is 66.7 Å². The third kappa shape index (κ3) is 1.31. The Morgan fingerprint density at radius 3 is 2.39 bits per heavy atom. The molecule has 0 heterocycles. The smallest absolute Gasteiger partial charge is 0.138 e. The molecule has 3 rings (SSSR count). The molecule has 0 aromatic carbocycles. The molecule has 3 aliphatic carbocycles. The molecule has 3 fully saturated rings. The predicted octanol–water partition coefficient (Wildman–Crippen LogP) is 4.45. The van der Waals surface area contributed by atoms with E-state index < -0.39 is 0 Å². The van der Waals surface area contributed by atoms with Gasteiger partial charge >= 0.3 is 0 Å². The van der Waals surface area contributed by atoms with E-state index in [-0.39, 0.29) is 5.41 Å². The first-order valence-corrected chi connectivity index (χ1v) is 7.78. The van der Waals surface area contributed by atoms with Gasteiger partial charge in [0.2, 0.25) is 0 Å². The van der Waals surface area contributed by atoms with Gasteiger partial charge in [0.1, 0.15) is 5.78 Å². The maximum Gasteiger partial charge on any atom is 0.138 e. The lowest BCUT2D eigenvalue weighted by molar-refractivity contribution is -0.145. The Labute approximate surface area is 112 Å². The molecule has 0 spiro atoms. The summed E-state index contributed by atoms with van der Waals surface area (Å²) >= 11 is 0. The zero-order chi connectivity index (χ0) is 13.3. The van der Waals surface area contributed by atoms with Gasteiger partial charge in [-0.15, -0.1) is 0 Å². The fourth-order valence-electron chi connectivity index (χ4n) is 5.83. The summed E-state index contributed by atoms with van der Waals surface area (Å²) in [6.07, 6.45) is 6.06. The second-order valence-electron chi connectivity index (χ2n) is 8.39. The number of carbonyl (C=O) groups is 1. The number of hydrogen-bond acceptors (Lipinski definition) is 1. The molecule has 1 heteroatoms. The monoisotopic (exact) mass is 248 g/mol. The standard InChI is InChI=1S/C17H28O/c1-11(2)17-9-6-12-15(3,4)14(18)7-8-16(12,5)13(17)10-17/h11-13H,6-10H2,1-5H3/t12?,13-,16+,17-/m1/s1.